The van der Waals surface area contributed by atoms with Crippen LogP contribution in [0, 0.1) is 0 Å². The lowest BCUT2D eigenvalue weighted by Crippen LogP contribution is -2.42. The van der Waals surface area contributed by atoms with Crippen molar-refractivity contribution in [2.45, 2.75) is 31.2 Å². The number of pyridine rings is 1. The minimum atomic E-state index is 0.452. The number of rotatable bonds is 4. The molecule has 4 nitrogen and oxygen atoms in total. The van der Waals surface area contributed by atoms with Crippen LogP contribution in [-0.2, 0) is 0 Å². The molecule has 3 aromatic rings. The van der Waals surface area contributed by atoms with E-state index in [2.05, 4.69) is 52.0 Å². The van der Waals surface area contributed by atoms with Gasteiger partial charge in [-0.25, -0.2) is 9.97 Å². The molecule has 5 rings (SSSR count). The van der Waals surface area contributed by atoms with Crippen molar-refractivity contribution in [1.82, 2.24) is 19.9 Å². The fourth-order valence-corrected chi connectivity index (χ4v) is 5.81. The number of benzene rings is 1. The predicted octanol–water partition coefficient (Wildman–Crippen LogP) is 4.89. The average Bonchev–Trinajstić information content (AvgIpc) is 3.35. The summed E-state index contributed by atoms with van der Waals surface area (Å²) in [7, 11) is 0. The van der Waals surface area contributed by atoms with E-state index in [1.54, 1.807) is 0 Å². The first kappa shape index (κ1) is 18.8. The molecule has 148 valence electrons. The molecule has 0 aliphatic carbocycles. The summed E-state index contributed by atoms with van der Waals surface area (Å²) in [5, 5.41) is 0. The van der Waals surface area contributed by atoms with Gasteiger partial charge in [0.1, 0.15) is 0 Å². The number of thioether (sulfide) groups is 1. The standard InChI is InChI=1S/C24H26N4S/c1-2-5-18(6-3-1)22-15-26-24(19-8-11-25-12-9-19)27-23(22)20-7-4-13-28(16-20)21-10-14-29-17-21/h1-3,5-6,8-9,11-12,15,20-21H,4,7,10,13-14,16-17H2. The van der Waals surface area contributed by atoms with E-state index >= 15 is 0 Å². The summed E-state index contributed by atoms with van der Waals surface area (Å²) < 4.78 is 0. The SMILES string of the molecule is c1ccc(-c2cnc(-c3ccncc3)nc2C2CCCN(C3CCSC3)C2)cc1. The van der Waals surface area contributed by atoms with E-state index in [-0.39, 0.29) is 0 Å². The van der Waals surface area contributed by atoms with Gasteiger partial charge in [-0.2, -0.15) is 11.8 Å². The Morgan fingerprint density at radius 1 is 0.966 bits per heavy atom. The molecule has 2 aromatic heterocycles. The zero-order chi connectivity index (χ0) is 19.5. The number of piperidine rings is 1. The molecule has 1 aromatic carbocycles. The van der Waals surface area contributed by atoms with Gasteiger partial charge in [-0.05, 0) is 49.3 Å². The van der Waals surface area contributed by atoms with Crippen LogP contribution in [0.1, 0.15) is 30.9 Å². The third-order valence-corrected chi connectivity index (χ3v) is 7.25. The van der Waals surface area contributed by atoms with Gasteiger partial charge in [0.05, 0.1) is 5.69 Å². The smallest absolute Gasteiger partial charge is 0.159 e. The zero-order valence-electron chi connectivity index (χ0n) is 16.6. The molecule has 0 amide bonds. The summed E-state index contributed by atoms with van der Waals surface area (Å²) in [6, 6.07) is 15.3. The minimum Gasteiger partial charge on any atom is -0.299 e. The van der Waals surface area contributed by atoms with Gasteiger partial charge in [-0.3, -0.25) is 9.88 Å². The Balaban J connectivity index is 1.53. The van der Waals surface area contributed by atoms with E-state index < -0.39 is 0 Å². The maximum atomic E-state index is 5.13. The number of likely N-dealkylation sites (tertiary alicyclic amines) is 1. The fourth-order valence-electron chi connectivity index (χ4n) is 4.56. The van der Waals surface area contributed by atoms with Crippen molar-refractivity contribution in [3.05, 3.63) is 66.7 Å². The molecule has 29 heavy (non-hydrogen) atoms. The Bertz CT molecular complexity index is 942. The Kier molecular flexibility index (Phi) is 5.59. The van der Waals surface area contributed by atoms with E-state index in [1.165, 1.54) is 54.1 Å². The van der Waals surface area contributed by atoms with Crippen molar-refractivity contribution < 1.29 is 0 Å². The topological polar surface area (TPSA) is 41.9 Å². The van der Waals surface area contributed by atoms with Gasteiger partial charge < -0.3 is 0 Å². The van der Waals surface area contributed by atoms with Crippen LogP contribution in [0.3, 0.4) is 0 Å². The minimum absolute atomic E-state index is 0.452. The zero-order valence-corrected chi connectivity index (χ0v) is 17.4. The lowest BCUT2D eigenvalue weighted by molar-refractivity contribution is 0.160. The summed E-state index contributed by atoms with van der Waals surface area (Å²) in [6.45, 7) is 2.34. The van der Waals surface area contributed by atoms with Crippen LogP contribution in [-0.4, -0.2) is 50.5 Å². The number of nitrogens with zero attached hydrogens (tertiary/aromatic N) is 4. The molecule has 0 radical (unpaired) electrons. The molecule has 0 saturated carbocycles. The molecule has 4 heterocycles. The second-order valence-electron chi connectivity index (χ2n) is 7.95. The molecule has 2 unspecified atom stereocenters. The van der Waals surface area contributed by atoms with E-state index in [4.69, 9.17) is 9.97 Å². The summed E-state index contributed by atoms with van der Waals surface area (Å²) in [4.78, 5) is 16.7. The maximum Gasteiger partial charge on any atom is 0.159 e. The Labute approximate surface area is 176 Å². The molecule has 0 bridgehead atoms. The van der Waals surface area contributed by atoms with Gasteiger partial charge in [0.2, 0.25) is 0 Å². The van der Waals surface area contributed by atoms with E-state index in [9.17, 15) is 0 Å². The summed E-state index contributed by atoms with van der Waals surface area (Å²) >= 11 is 2.10. The molecule has 2 atom stereocenters. The summed E-state index contributed by atoms with van der Waals surface area (Å²) in [5.41, 5.74) is 4.61. The van der Waals surface area contributed by atoms with Crippen molar-refractivity contribution in [3.8, 4) is 22.5 Å². The summed E-state index contributed by atoms with van der Waals surface area (Å²) in [6.07, 6.45) is 9.41. The molecular weight excluding hydrogens is 376 g/mol. The van der Waals surface area contributed by atoms with E-state index in [1.807, 2.05) is 30.7 Å². The molecule has 0 spiro atoms. The van der Waals surface area contributed by atoms with Crippen molar-refractivity contribution in [2.75, 3.05) is 24.6 Å². The molecule has 0 N–H and O–H groups in total. The second-order valence-corrected chi connectivity index (χ2v) is 9.10. The first-order chi connectivity index (χ1) is 14.4. The number of hydrogen-bond acceptors (Lipinski definition) is 5. The van der Waals surface area contributed by atoms with Crippen LogP contribution in [0.5, 0.6) is 0 Å². The van der Waals surface area contributed by atoms with Crippen LogP contribution in [0.15, 0.2) is 61.1 Å². The predicted molar refractivity (Wildman–Crippen MR) is 120 cm³/mol. The van der Waals surface area contributed by atoms with Crippen LogP contribution in [0.25, 0.3) is 22.5 Å². The lowest BCUT2D eigenvalue weighted by Gasteiger charge is -2.37. The van der Waals surface area contributed by atoms with Crippen LogP contribution >= 0.6 is 11.8 Å². The first-order valence-corrected chi connectivity index (χ1v) is 11.7. The highest BCUT2D eigenvalue weighted by atomic mass is 32.2. The molecule has 2 aliphatic rings. The first-order valence-electron chi connectivity index (χ1n) is 10.5. The fraction of sp³-hybridized carbons (Fsp3) is 0.375. The van der Waals surface area contributed by atoms with Crippen LogP contribution in [0.4, 0.5) is 0 Å². The number of hydrogen-bond donors (Lipinski definition) is 0. The lowest BCUT2D eigenvalue weighted by atomic mass is 9.89. The molecule has 2 saturated heterocycles. The third kappa shape index (κ3) is 4.07. The normalized spacial score (nSPS) is 22.6. The van der Waals surface area contributed by atoms with Crippen LogP contribution in [0.2, 0.25) is 0 Å². The third-order valence-electron chi connectivity index (χ3n) is 6.10. The highest BCUT2D eigenvalue weighted by Crippen LogP contribution is 2.36. The van der Waals surface area contributed by atoms with Crippen molar-refractivity contribution in [3.63, 3.8) is 0 Å². The quantitative estimate of drug-likeness (QED) is 0.621. The molecule has 2 fully saturated rings. The highest BCUT2D eigenvalue weighted by molar-refractivity contribution is 7.99. The van der Waals surface area contributed by atoms with Crippen molar-refractivity contribution >= 4 is 11.8 Å². The van der Waals surface area contributed by atoms with Gasteiger partial charge in [0.15, 0.2) is 5.82 Å². The van der Waals surface area contributed by atoms with E-state index in [0.29, 0.717) is 5.92 Å². The van der Waals surface area contributed by atoms with E-state index in [0.717, 1.165) is 24.0 Å². The number of aromatic nitrogens is 3. The maximum absolute atomic E-state index is 5.13. The Morgan fingerprint density at radius 3 is 2.62 bits per heavy atom. The largest absolute Gasteiger partial charge is 0.299 e. The van der Waals surface area contributed by atoms with Crippen molar-refractivity contribution in [1.29, 1.82) is 0 Å². The van der Waals surface area contributed by atoms with Gasteiger partial charge in [-0.15, -0.1) is 0 Å². The highest BCUT2D eigenvalue weighted by Gasteiger charge is 2.31. The molecule has 5 heteroatoms. The molecule has 2 aliphatic heterocycles. The monoisotopic (exact) mass is 402 g/mol. The second kappa shape index (κ2) is 8.64. The van der Waals surface area contributed by atoms with Gasteiger partial charge in [-0.1, -0.05) is 30.3 Å². The van der Waals surface area contributed by atoms with Gasteiger partial charge in [0, 0.05) is 54.0 Å². The van der Waals surface area contributed by atoms with Crippen molar-refractivity contribution in [2.24, 2.45) is 0 Å². The molecular formula is C24H26N4S. The van der Waals surface area contributed by atoms with Gasteiger partial charge >= 0.3 is 0 Å². The van der Waals surface area contributed by atoms with Crippen LogP contribution < -0.4 is 0 Å². The Morgan fingerprint density at radius 2 is 1.83 bits per heavy atom. The van der Waals surface area contributed by atoms with Gasteiger partial charge in [0.25, 0.3) is 0 Å². The Hall–Kier alpha value is -2.24. The average molecular weight is 403 g/mol. The summed E-state index contributed by atoms with van der Waals surface area (Å²) in [5.74, 6) is 3.84.